The van der Waals surface area contributed by atoms with Crippen molar-refractivity contribution in [1.29, 1.82) is 0 Å². The molecule has 0 saturated carbocycles. The molecule has 0 bridgehead atoms. The molecule has 2 aromatic rings. The number of hydrogen-bond donors (Lipinski definition) is 1. The maximum absolute atomic E-state index is 6.29. The van der Waals surface area contributed by atoms with Gasteiger partial charge in [-0.2, -0.15) is 0 Å². The SMILES string of the molecule is COc1ccc(CC(N)c2cc(Br)sc2Br)cc1OC. The number of thiophene rings is 1. The lowest BCUT2D eigenvalue weighted by atomic mass is 10.0. The predicted octanol–water partition coefficient (Wildman–Crippen LogP) is 4.53. The van der Waals surface area contributed by atoms with E-state index in [2.05, 4.69) is 37.9 Å². The molecule has 1 aromatic carbocycles. The molecule has 0 aliphatic heterocycles. The van der Waals surface area contributed by atoms with E-state index in [1.807, 2.05) is 18.2 Å². The van der Waals surface area contributed by atoms with Crippen molar-refractivity contribution in [3.05, 3.63) is 43.0 Å². The highest BCUT2D eigenvalue weighted by Gasteiger charge is 2.15. The Morgan fingerprint density at radius 1 is 1.15 bits per heavy atom. The molecule has 2 N–H and O–H groups in total. The normalized spacial score (nSPS) is 12.2. The largest absolute Gasteiger partial charge is 0.493 e. The summed E-state index contributed by atoms with van der Waals surface area (Å²) in [4.78, 5) is 0. The summed E-state index contributed by atoms with van der Waals surface area (Å²) in [5.41, 5.74) is 8.51. The minimum absolute atomic E-state index is 0.0648. The molecule has 0 amide bonds. The smallest absolute Gasteiger partial charge is 0.160 e. The first kappa shape index (κ1) is 15.8. The van der Waals surface area contributed by atoms with Crippen LogP contribution in [0.25, 0.3) is 0 Å². The van der Waals surface area contributed by atoms with E-state index in [0.717, 1.165) is 36.6 Å². The third-order valence-corrected chi connectivity index (χ3v) is 5.37. The van der Waals surface area contributed by atoms with Gasteiger partial charge in [-0.3, -0.25) is 0 Å². The van der Waals surface area contributed by atoms with Crippen molar-refractivity contribution in [2.75, 3.05) is 14.2 Å². The number of nitrogens with two attached hydrogens (primary N) is 1. The quantitative estimate of drug-likeness (QED) is 0.772. The van der Waals surface area contributed by atoms with Crippen LogP contribution in [-0.4, -0.2) is 14.2 Å². The van der Waals surface area contributed by atoms with Gasteiger partial charge in [0.05, 0.1) is 21.8 Å². The summed E-state index contributed by atoms with van der Waals surface area (Å²) in [7, 11) is 3.26. The zero-order valence-electron chi connectivity index (χ0n) is 11.2. The summed E-state index contributed by atoms with van der Waals surface area (Å²) >= 11 is 8.65. The lowest BCUT2D eigenvalue weighted by Gasteiger charge is -2.13. The van der Waals surface area contributed by atoms with Crippen molar-refractivity contribution >= 4 is 43.2 Å². The fraction of sp³-hybridized carbons (Fsp3) is 0.286. The first-order chi connectivity index (χ1) is 9.55. The van der Waals surface area contributed by atoms with Gasteiger partial charge in [0.25, 0.3) is 0 Å². The molecule has 0 radical (unpaired) electrons. The number of ether oxygens (including phenoxy) is 2. The molecule has 1 atom stereocenters. The van der Waals surface area contributed by atoms with Crippen molar-refractivity contribution in [3.8, 4) is 11.5 Å². The average Bonchev–Trinajstić information content (AvgIpc) is 2.77. The molecular formula is C14H15Br2NO2S. The van der Waals surface area contributed by atoms with Gasteiger partial charge in [-0.15, -0.1) is 11.3 Å². The Kier molecular flexibility index (Phi) is 5.49. The molecule has 1 heterocycles. The molecule has 1 aromatic heterocycles. The minimum atomic E-state index is -0.0648. The van der Waals surface area contributed by atoms with Crippen molar-refractivity contribution < 1.29 is 9.47 Å². The molecule has 0 spiro atoms. The molecule has 2 rings (SSSR count). The minimum Gasteiger partial charge on any atom is -0.493 e. The Bertz CT molecular complexity index is 601. The van der Waals surface area contributed by atoms with Crippen LogP contribution < -0.4 is 15.2 Å². The molecule has 0 aliphatic carbocycles. The standard InChI is InChI=1S/C14H15Br2NO2S/c1-18-11-4-3-8(6-12(11)19-2)5-10(17)9-7-13(15)20-14(9)16/h3-4,6-7,10H,5,17H2,1-2H3. The summed E-state index contributed by atoms with van der Waals surface area (Å²) in [5.74, 6) is 1.45. The molecular weight excluding hydrogens is 406 g/mol. The molecule has 0 fully saturated rings. The van der Waals surface area contributed by atoms with Crippen LogP contribution in [-0.2, 0) is 6.42 Å². The van der Waals surface area contributed by atoms with Crippen molar-refractivity contribution in [1.82, 2.24) is 0 Å². The van der Waals surface area contributed by atoms with Crippen LogP contribution in [0, 0.1) is 0 Å². The van der Waals surface area contributed by atoms with Crippen LogP contribution in [0.3, 0.4) is 0 Å². The summed E-state index contributed by atoms with van der Waals surface area (Å²) in [5, 5.41) is 0. The van der Waals surface area contributed by atoms with Gasteiger partial charge in [0.15, 0.2) is 11.5 Å². The highest BCUT2D eigenvalue weighted by atomic mass is 79.9. The molecule has 6 heteroatoms. The van der Waals surface area contributed by atoms with Crippen LogP contribution in [0.15, 0.2) is 31.8 Å². The third-order valence-electron chi connectivity index (χ3n) is 2.99. The monoisotopic (exact) mass is 419 g/mol. The second-order valence-corrected chi connectivity index (χ2v) is 8.03. The number of benzene rings is 1. The maximum atomic E-state index is 6.29. The second kappa shape index (κ2) is 6.93. The summed E-state index contributed by atoms with van der Waals surface area (Å²) in [6.07, 6.45) is 0.738. The molecule has 20 heavy (non-hydrogen) atoms. The van der Waals surface area contributed by atoms with Crippen LogP contribution in [0.5, 0.6) is 11.5 Å². The van der Waals surface area contributed by atoms with E-state index in [0.29, 0.717) is 0 Å². The van der Waals surface area contributed by atoms with Crippen LogP contribution in [0.2, 0.25) is 0 Å². The number of halogens is 2. The fourth-order valence-electron chi connectivity index (χ4n) is 1.98. The molecule has 1 unspecified atom stereocenters. The zero-order chi connectivity index (χ0) is 14.7. The van der Waals surface area contributed by atoms with Gasteiger partial charge in [-0.1, -0.05) is 6.07 Å². The van der Waals surface area contributed by atoms with Crippen LogP contribution >= 0.6 is 43.2 Å². The van der Waals surface area contributed by atoms with E-state index >= 15 is 0 Å². The van der Waals surface area contributed by atoms with E-state index in [4.69, 9.17) is 15.2 Å². The Balaban J connectivity index is 2.19. The third kappa shape index (κ3) is 3.55. The Labute approximate surface area is 139 Å². The first-order valence-corrected chi connectivity index (χ1v) is 8.36. The van der Waals surface area contributed by atoms with Gasteiger partial charge >= 0.3 is 0 Å². The average molecular weight is 421 g/mol. The van der Waals surface area contributed by atoms with E-state index in [-0.39, 0.29) is 6.04 Å². The van der Waals surface area contributed by atoms with Gasteiger partial charge < -0.3 is 15.2 Å². The summed E-state index contributed by atoms with van der Waals surface area (Å²) in [6.45, 7) is 0. The van der Waals surface area contributed by atoms with Gasteiger partial charge in [-0.25, -0.2) is 0 Å². The number of hydrogen-bond acceptors (Lipinski definition) is 4. The predicted molar refractivity (Wildman–Crippen MR) is 89.9 cm³/mol. The first-order valence-electron chi connectivity index (χ1n) is 5.96. The summed E-state index contributed by atoms with van der Waals surface area (Å²) < 4.78 is 12.7. The zero-order valence-corrected chi connectivity index (χ0v) is 15.1. The lowest BCUT2D eigenvalue weighted by Crippen LogP contribution is -2.13. The molecule has 0 aliphatic rings. The number of methoxy groups -OCH3 is 2. The van der Waals surface area contributed by atoms with E-state index in [1.165, 1.54) is 0 Å². The van der Waals surface area contributed by atoms with Crippen molar-refractivity contribution in [2.24, 2.45) is 5.73 Å². The highest BCUT2D eigenvalue weighted by molar-refractivity contribution is 9.12. The van der Waals surface area contributed by atoms with Crippen molar-refractivity contribution in [3.63, 3.8) is 0 Å². The van der Waals surface area contributed by atoms with E-state index in [1.54, 1.807) is 25.6 Å². The highest BCUT2D eigenvalue weighted by Crippen LogP contribution is 2.36. The lowest BCUT2D eigenvalue weighted by molar-refractivity contribution is 0.354. The molecule has 3 nitrogen and oxygen atoms in total. The van der Waals surface area contributed by atoms with E-state index in [9.17, 15) is 0 Å². The second-order valence-electron chi connectivity index (χ2n) is 4.28. The van der Waals surface area contributed by atoms with Crippen molar-refractivity contribution in [2.45, 2.75) is 12.5 Å². The van der Waals surface area contributed by atoms with Gasteiger partial charge in [0.1, 0.15) is 0 Å². The molecule has 0 saturated heterocycles. The topological polar surface area (TPSA) is 44.5 Å². The van der Waals surface area contributed by atoms with Gasteiger partial charge in [-0.05, 0) is 67.6 Å². The Morgan fingerprint density at radius 3 is 2.40 bits per heavy atom. The summed E-state index contributed by atoms with van der Waals surface area (Å²) in [6, 6.07) is 7.87. The maximum Gasteiger partial charge on any atom is 0.160 e. The van der Waals surface area contributed by atoms with Gasteiger partial charge in [0.2, 0.25) is 0 Å². The number of rotatable bonds is 5. The fourth-order valence-corrected chi connectivity index (χ4v) is 4.98. The van der Waals surface area contributed by atoms with Crippen LogP contribution in [0.4, 0.5) is 0 Å². The Hall–Kier alpha value is -0.560. The van der Waals surface area contributed by atoms with Gasteiger partial charge in [0, 0.05) is 6.04 Å². The van der Waals surface area contributed by atoms with E-state index < -0.39 is 0 Å². The Morgan fingerprint density at radius 2 is 1.85 bits per heavy atom. The van der Waals surface area contributed by atoms with Crippen LogP contribution in [0.1, 0.15) is 17.2 Å². The molecule has 108 valence electrons.